The Morgan fingerprint density at radius 2 is 2.00 bits per heavy atom. The highest BCUT2D eigenvalue weighted by molar-refractivity contribution is 8.00. The number of benzene rings is 2. The van der Waals surface area contributed by atoms with Crippen molar-refractivity contribution in [1.29, 1.82) is 0 Å². The van der Waals surface area contributed by atoms with Crippen LogP contribution in [-0.4, -0.2) is 16.6 Å². The molecular weight excluding hydrogens is 324 g/mol. The van der Waals surface area contributed by atoms with Crippen molar-refractivity contribution >= 4 is 40.6 Å². The molecule has 0 N–H and O–H groups in total. The van der Waals surface area contributed by atoms with Crippen LogP contribution in [0.4, 0.5) is 11.4 Å². The van der Waals surface area contributed by atoms with E-state index in [2.05, 4.69) is 0 Å². The van der Waals surface area contributed by atoms with Crippen LogP contribution < -0.4 is 4.90 Å². The first kappa shape index (κ1) is 14.9. The number of non-ortho nitro benzene ring substituents is 1. The molecule has 0 spiro atoms. The highest BCUT2D eigenvalue weighted by Gasteiger charge is 2.34. The number of carbonyl (C=O) groups excluding carboxylic acids is 1. The number of nitrogens with zero attached hydrogens (tertiary/aromatic N) is 2. The predicted molar refractivity (Wildman–Crippen MR) is 87.2 cm³/mol. The first-order valence-electron chi connectivity index (χ1n) is 6.50. The van der Waals surface area contributed by atoms with Gasteiger partial charge in [-0.25, -0.2) is 0 Å². The van der Waals surface area contributed by atoms with Crippen molar-refractivity contribution in [1.82, 2.24) is 0 Å². The highest BCUT2D eigenvalue weighted by atomic mass is 35.5. The summed E-state index contributed by atoms with van der Waals surface area (Å²) in [5.41, 5.74) is 1.44. The maximum Gasteiger partial charge on any atom is 0.269 e. The van der Waals surface area contributed by atoms with E-state index in [0.29, 0.717) is 16.5 Å². The molecule has 0 aromatic heterocycles. The van der Waals surface area contributed by atoms with Crippen molar-refractivity contribution in [3.8, 4) is 0 Å². The molecule has 22 heavy (non-hydrogen) atoms. The lowest BCUT2D eigenvalue weighted by Gasteiger charge is -2.24. The fraction of sp³-hybridized carbons (Fsp3) is 0.133. The number of amides is 1. The molecule has 0 radical (unpaired) electrons. The molecule has 112 valence electrons. The lowest BCUT2D eigenvalue weighted by molar-refractivity contribution is -0.384. The Balaban J connectivity index is 2.00. The van der Waals surface area contributed by atoms with Crippen molar-refractivity contribution < 1.29 is 9.72 Å². The summed E-state index contributed by atoms with van der Waals surface area (Å²) in [4.78, 5) is 24.3. The van der Waals surface area contributed by atoms with E-state index < -0.39 is 4.92 Å². The molecule has 0 unspecified atom stereocenters. The second-order valence-corrected chi connectivity index (χ2v) is 6.26. The zero-order valence-corrected chi connectivity index (χ0v) is 12.9. The Bertz CT molecular complexity index is 753. The molecule has 3 rings (SSSR count). The van der Waals surface area contributed by atoms with Gasteiger partial charge < -0.3 is 0 Å². The molecule has 1 atom stereocenters. The van der Waals surface area contributed by atoms with Gasteiger partial charge in [-0.1, -0.05) is 29.8 Å². The Hall–Kier alpha value is -2.05. The van der Waals surface area contributed by atoms with Gasteiger partial charge in [0.25, 0.3) is 5.69 Å². The smallest absolute Gasteiger partial charge is 0.269 e. The Kier molecular flexibility index (Phi) is 4.04. The van der Waals surface area contributed by atoms with E-state index >= 15 is 0 Å². The minimum atomic E-state index is -0.436. The molecule has 2 aromatic rings. The second kappa shape index (κ2) is 5.98. The number of halogens is 1. The number of carbonyl (C=O) groups is 1. The molecular formula is C15H11ClN2O3S. The quantitative estimate of drug-likeness (QED) is 0.628. The summed E-state index contributed by atoms with van der Waals surface area (Å²) in [6, 6.07) is 13.4. The maximum atomic E-state index is 12.2. The van der Waals surface area contributed by atoms with E-state index in [0.717, 1.165) is 5.56 Å². The number of anilines is 1. The average molecular weight is 335 g/mol. The van der Waals surface area contributed by atoms with Crippen molar-refractivity contribution in [2.75, 3.05) is 10.7 Å². The van der Waals surface area contributed by atoms with Crippen LogP contribution in [0.25, 0.3) is 0 Å². The normalized spacial score (nSPS) is 17.8. The Morgan fingerprint density at radius 1 is 1.23 bits per heavy atom. The Morgan fingerprint density at radius 3 is 2.73 bits per heavy atom. The summed E-state index contributed by atoms with van der Waals surface area (Å²) in [6.45, 7) is 0. The second-order valence-electron chi connectivity index (χ2n) is 4.76. The van der Waals surface area contributed by atoms with Gasteiger partial charge >= 0.3 is 0 Å². The summed E-state index contributed by atoms with van der Waals surface area (Å²) in [5, 5.41) is 11.2. The lowest BCUT2D eigenvalue weighted by atomic mass is 10.1. The standard InChI is InChI=1S/C15H11ClN2O3S/c16-11-4-2-5-12(8-11)17-14(19)9-22-15(17)10-3-1-6-13(7-10)18(20)21/h1-8,15H,9H2/t15-/m0/s1. The van der Waals surface area contributed by atoms with Gasteiger partial charge in [0.15, 0.2) is 0 Å². The minimum absolute atomic E-state index is 0.0171. The SMILES string of the molecule is O=C1CS[C@@H](c2cccc([N+](=O)[O-])c2)N1c1cccc(Cl)c1. The fourth-order valence-corrected chi connectivity index (χ4v) is 3.72. The third kappa shape index (κ3) is 2.80. The van der Waals surface area contributed by atoms with Crippen LogP contribution in [0.1, 0.15) is 10.9 Å². The minimum Gasteiger partial charge on any atom is -0.295 e. The number of nitro benzene ring substituents is 1. The van der Waals surface area contributed by atoms with Crippen molar-refractivity contribution in [2.45, 2.75) is 5.37 Å². The molecule has 0 aliphatic carbocycles. The molecule has 0 saturated carbocycles. The summed E-state index contributed by atoms with van der Waals surface area (Å²) in [5.74, 6) is 0.295. The number of rotatable bonds is 3. The molecule has 1 amide bonds. The lowest BCUT2D eigenvalue weighted by Crippen LogP contribution is -2.27. The predicted octanol–water partition coefficient (Wildman–Crippen LogP) is 4.03. The molecule has 5 nitrogen and oxygen atoms in total. The van der Waals surface area contributed by atoms with Gasteiger partial charge in [0.1, 0.15) is 5.37 Å². The number of hydrogen-bond donors (Lipinski definition) is 0. The van der Waals surface area contributed by atoms with Gasteiger partial charge in [0, 0.05) is 22.8 Å². The van der Waals surface area contributed by atoms with Crippen molar-refractivity contribution in [2.24, 2.45) is 0 Å². The van der Waals surface area contributed by atoms with Crippen molar-refractivity contribution in [3.05, 3.63) is 69.2 Å². The van der Waals surface area contributed by atoms with E-state index in [-0.39, 0.29) is 17.0 Å². The fourth-order valence-electron chi connectivity index (χ4n) is 2.37. The van der Waals surface area contributed by atoms with Crippen LogP contribution in [-0.2, 0) is 4.79 Å². The topological polar surface area (TPSA) is 63.4 Å². The van der Waals surface area contributed by atoms with E-state index in [1.165, 1.54) is 23.9 Å². The van der Waals surface area contributed by atoms with E-state index in [9.17, 15) is 14.9 Å². The first-order valence-corrected chi connectivity index (χ1v) is 7.92. The molecule has 7 heteroatoms. The highest BCUT2D eigenvalue weighted by Crippen LogP contribution is 2.42. The van der Waals surface area contributed by atoms with Crippen LogP contribution in [0.15, 0.2) is 48.5 Å². The third-order valence-corrected chi connectivity index (χ3v) is 4.77. The van der Waals surface area contributed by atoms with Gasteiger partial charge in [-0.05, 0) is 23.8 Å². The average Bonchev–Trinajstić information content (AvgIpc) is 2.89. The molecule has 1 fully saturated rings. The Labute approximate surface area is 136 Å². The van der Waals surface area contributed by atoms with Gasteiger partial charge in [0.2, 0.25) is 5.91 Å². The van der Waals surface area contributed by atoms with Gasteiger partial charge in [-0.15, -0.1) is 11.8 Å². The van der Waals surface area contributed by atoms with Gasteiger partial charge in [-0.2, -0.15) is 0 Å². The van der Waals surface area contributed by atoms with E-state index in [1.54, 1.807) is 41.3 Å². The third-order valence-electron chi connectivity index (χ3n) is 3.32. The summed E-state index contributed by atoms with van der Waals surface area (Å²) >= 11 is 7.44. The number of hydrogen-bond acceptors (Lipinski definition) is 4. The van der Waals surface area contributed by atoms with Gasteiger partial charge in [-0.3, -0.25) is 19.8 Å². The molecule has 1 heterocycles. The molecule has 0 bridgehead atoms. The van der Waals surface area contributed by atoms with Crippen LogP contribution in [0.3, 0.4) is 0 Å². The largest absolute Gasteiger partial charge is 0.295 e. The zero-order valence-electron chi connectivity index (χ0n) is 11.3. The zero-order chi connectivity index (χ0) is 15.7. The monoisotopic (exact) mass is 334 g/mol. The van der Waals surface area contributed by atoms with Crippen LogP contribution >= 0.6 is 23.4 Å². The molecule has 1 aliphatic rings. The van der Waals surface area contributed by atoms with Crippen molar-refractivity contribution in [3.63, 3.8) is 0 Å². The molecule has 1 aliphatic heterocycles. The first-order chi connectivity index (χ1) is 10.6. The summed E-state index contributed by atoms with van der Waals surface area (Å²) < 4.78 is 0. The number of thioether (sulfide) groups is 1. The van der Waals surface area contributed by atoms with E-state index in [1.807, 2.05) is 0 Å². The summed E-state index contributed by atoms with van der Waals surface area (Å²) in [7, 11) is 0. The molecule has 2 aromatic carbocycles. The van der Waals surface area contributed by atoms with Crippen LogP contribution in [0, 0.1) is 10.1 Å². The summed E-state index contributed by atoms with van der Waals surface area (Å²) in [6.07, 6.45) is 0. The van der Waals surface area contributed by atoms with E-state index in [4.69, 9.17) is 11.6 Å². The van der Waals surface area contributed by atoms with Crippen LogP contribution in [0.5, 0.6) is 0 Å². The van der Waals surface area contributed by atoms with Crippen LogP contribution in [0.2, 0.25) is 5.02 Å². The number of nitro groups is 1. The maximum absolute atomic E-state index is 12.2. The van der Waals surface area contributed by atoms with Gasteiger partial charge in [0.05, 0.1) is 10.7 Å². The molecule has 1 saturated heterocycles.